The minimum Gasteiger partial charge on any atom is -0.481 e. The van der Waals surface area contributed by atoms with Gasteiger partial charge in [0.25, 0.3) is 0 Å². The van der Waals surface area contributed by atoms with Crippen LogP contribution in [0.5, 0.6) is 0 Å². The Morgan fingerprint density at radius 1 is 1.12 bits per heavy atom. The molecule has 2 N–H and O–H groups in total. The molecule has 6 nitrogen and oxygen atoms in total. The first-order chi connectivity index (χ1) is 11.7. The van der Waals surface area contributed by atoms with Crippen molar-refractivity contribution in [3.63, 3.8) is 0 Å². The minimum atomic E-state index is -4.64. The summed E-state index contributed by atoms with van der Waals surface area (Å²) in [5.74, 6) is -4.94. The van der Waals surface area contributed by atoms with Gasteiger partial charge in [0.1, 0.15) is 0 Å². The van der Waals surface area contributed by atoms with Crippen LogP contribution in [-0.2, 0) is 25.8 Å². The average molecular weight is 375 g/mol. The Morgan fingerprint density at radius 3 is 2.16 bits per heavy atom. The van der Waals surface area contributed by atoms with Crippen molar-refractivity contribution in [2.45, 2.75) is 48.8 Å². The Balaban J connectivity index is 1.88. The molecule has 0 heterocycles. The molecular formula is C16H19F2NO5S. The van der Waals surface area contributed by atoms with Gasteiger partial charge in [-0.1, -0.05) is 12.1 Å². The Labute approximate surface area is 144 Å². The second-order valence-electron chi connectivity index (χ2n) is 6.08. The van der Waals surface area contributed by atoms with Gasteiger partial charge in [0.05, 0.1) is 17.2 Å². The topological polar surface area (TPSA) is 101 Å². The number of carbonyl (C=O) groups is 2. The number of rotatable bonds is 6. The molecule has 0 bridgehead atoms. The average Bonchev–Trinajstić information content (AvgIpc) is 2.55. The number of hydrogen-bond donors (Lipinski definition) is 2. The molecule has 1 fully saturated rings. The third kappa shape index (κ3) is 4.97. The molecular weight excluding hydrogens is 356 g/mol. The summed E-state index contributed by atoms with van der Waals surface area (Å²) in [5.41, 5.74) is 0.505. The molecule has 0 radical (unpaired) electrons. The maximum Gasteiger partial charge on any atom is 0.341 e. The van der Waals surface area contributed by atoms with Gasteiger partial charge in [-0.05, 0) is 43.4 Å². The zero-order chi connectivity index (χ0) is 18.6. The fourth-order valence-electron chi connectivity index (χ4n) is 2.85. The number of benzene rings is 1. The summed E-state index contributed by atoms with van der Waals surface area (Å²) in [4.78, 5) is 22.4. The van der Waals surface area contributed by atoms with Crippen molar-refractivity contribution in [2.75, 3.05) is 0 Å². The van der Waals surface area contributed by atoms with E-state index in [2.05, 4.69) is 5.32 Å². The largest absolute Gasteiger partial charge is 0.481 e. The highest BCUT2D eigenvalue weighted by Crippen LogP contribution is 2.24. The molecule has 0 aliphatic heterocycles. The summed E-state index contributed by atoms with van der Waals surface area (Å²) < 4.78 is 47.6. The first-order valence-electron chi connectivity index (χ1n) is 7.83. The first-order valence-corrected chi connectivity index (χ1v) is 9.38. The molecule has 0 spiro atoms. The van der Waals surface area contributed by atoms with Crippen LogP contribution in [0.15, 0.2) is 29.2 Å². The smallest absolute Gasteiger partial charge is 0.341 e. The van der Waals surface area contributed by atoms with E-state index in [1.807, 2.05) is 0 Å². The lowest BCUT2D eigenvalue weighted by Crippen LogP contribution is -2.39. The Morgan fingerprint density at radius 2 is 1.68 bits per heavy atom. The van der Waals surface area contributed by atoms with Crippen LogP contribution in [0.1, 0.15) is 31.2 Å². The standard InChI is InChI=1S/C16H19F2NO5S/c17-16(18)25(23,24)13-7-1-10(2-8-13)9-14(20)19-12-5-3-11(4-6-12)15(21)22/h1-2,7-8,11-12,16H,3-6,9H2,(H,19,20)(H,21,22). The predicted molar refractivity (Wildman–Crippen MR) is 84.9 cm³/mol. The van der Waals surface area contributed by atoms with Gasteiger partial charge in [0, 0.05) is 6.04 Å². The van der Waals surface area contributed by atoms with Crippen molar-refractivity contribution >= 4 is 21.7 Å². The van der Waals surface area contributed by atoms with Crippen molar-refractivity contribution in [2.24, 2.45) is 5.92 Å². The summed E-state index contributed by atoms with van der Waals surface area (Å²) in [6.07, 6.45) is 2.21. The summed E-state index contributed by atoms with van der Waals surface area (Å²) in [6, 6.07) is 4.69. The highest BCUT2D eigenvalue weighted by Gasteiger charge is 2.27. The fraction of sp³-hybridized carbons (Fsp3) is 0.500. The van der Waals surface area contributed by atoms with Crippen molar-refractivity contribution in [1.29, 1.82) is 0 Å². The van der Waals surface area contributed by atoms with Gasteiger partial charge in [0.15, 0.2) is 0 Å². The number of carboxylic acids is 1. The third-order valence-corrected chi connectivity index (χ3v) is 5.69. The van der Waals surface area contributed by atoms with Crippen LogP contribution in [-0.4, -0.2) is 37.2 Å². The highest BCUT2D eigenvalue weighted by atomic mass is 32.2. The molecule has 138 valence electrons. The van der Waals surface area contributed by atoms with E-state index in [4.69, 9.17) is 5.11 Å². The molecule has 0 unspecified atom stereocenters. The maximum absolute atomic E-state index is 12.5. The molecule has 2 rings (SSSR count). The molecule has 25 heavy (non-hydrogen) atoms. The van der Waals surface area contributed by atoms with Crippen LogP contribution in [0.4, 0.5) is 8.78 Å². The maximum atomic E-state index is 12.5. The molecule has 1 aromatic carbocycles. The van der Waals surface area contributed by atoms with Crippen molar-refractivity contribution < 1.29 is 31.9 Å². The second kappa shape index (κ2) is 7.90. The van der Waals surface area contributed by atoms with E-state index >= 15 is 0 Å². The number of carbonyl (C=O) groups excluding carboxylic acids is 1. The van der Waals surface area contributed by atoms with E-state index in [1.165, 1.54) is 12.1 Å². The SMILES string of the molecule is O=C(Cc1ccc(S(=O)(=O)C(F)F)cc1)NC1CCC(C(=O)O)CC1. The predicted octanol–water partition coefficient (Wildman–Crippen LogP) is 1.99. The summed E-state index contributed by atoms with van der Waals surface area (Å²) in [6.45, 7) is 0. The second-order valence-corrected chi connectivity index (χ2v) is 8.00. The zero-order valence-corrected chi connectivity index (χ0v) is 14.1. The molecule has 1 saturated carbocycles. The molecule has 1 aliphatic carbocycles. The molecule has 0 atom stereocenters. The number of carboxylic acid groups (broad SMARTS) is 1. The zero-order valence-electron chi connectivity index (χ0n) is 13.3. The van der Waals surface area contributed by atoms with E-state index in [9.17, 15) is 26.8 Å². The Hall–Kier alpha value is -2.03. The summed E-state index contributed by atoms with van der Waals surface area (Å²) >= 11 is 0. The van der Waals surface area contributed by atoms with E-state index in [1.54, 1.807) is 0 Å². The Kier molecular flexibility index (Phi) is 6.10. The van der Waals surface area contributed by atoms with Crippen LogP contribution in [0.3, 0.4) is 0 Å². The molecule has 1 amide bonds. The number of nitrogens with one attached hydrogen (secondary N) is 1. The third-order valence-electron chi connectivity index (χ3n) is 4.29. The molecule has 0 saturated heterocycles. The fourth-order valence-corrected chi connectivity index (χ4v) is 3.57. The van der Waals surface area contributed by atoms with E-state index in [0.29, 0.717) is 31.2 Å². The van der Waals surface area contributed by atoms with Crippen LogP contribution < -0.4 is 5.32 Å². The molecule has 1 aliphatic rings. The van der Waals surface area contributed by atoms with Crippen molar-refractivity contribution in [3.8, 4) is 0 Å². The van der Waals surface area contributed by atoms with Gasteiger partial charge in [0.2, 0.25) is 15.7 Å². The number of halogens is 2. The van der Waals surface area contributed by atoms with Gasteiger partial charge in [-0.3, -0.25) is 9.59 Å². The quantitative estimate of drug-likeness (QED) is 0.792. The van der Waals surface area contributed by atoms with Gasteiger partial charge < -0.3 is 10.4 Å². The van der Waals surface area contributed by atoms with Crippen molar-refractivity contribution in [1.82, 2.24) is 5.32 Å². The van der Waals surface area contributed by atoms with Gasteiger partial charge in [-0.2, -0.15) is 8.78 Å². The number of sulfone groups is 1. The molecule has 9 heteroatoms. The summed E-state index contributed by atoms with van der Waals surface area (Å²) in [7, 11) is -4.64. The van der Waals surface area contributed by atoms with Crippen LogP contribution in [0.2, 0.25) is 0 Å². The number of amides is 1. The van der Waals surface area contributed by atoms with Gasteiger partial charge in [-0.15, -0.1) is 0 Å². The lowest BCUT2D eigenvalue weighted by atomic mass is 9.86. The van der Waals surface area contributed by atoms with Gasteiger partial charge in [-0.25, -0.2) is 8.42 Å². The number of aliphatic carboxylic acids is 1. The van der Waals surface area contributed by atoms with E-state index in [-0.39, 0.29) is 24.3 Å². The minimum absolute atomic E-state index is 0.00609. The lowest BCUT2D eigenvalue weighted by molar-refractivity contribution is -0.142. The van der Waals surface area contributed by atoms with E-state index in [0.717, 1.165) is 12.1 Å². The van der Waals surface area contributed by atoms with E-state index < -0.39 is 26.5 Å². The molecule has 0 aromatic heterocycles. The van der Waals surface area contributed by atoms with Crippen LogP contribution in [0, 0.1) is 5.92 Å². The lowest BCUT2D eigenvalue weighted by Gasteiger charge is -2.26. The highest BCUT2D eigenvalue weighted by molar-refractivity contribution is 7.91. The summed E-state index contributed by atoms with van der Waals surface area (Å²) in [5, 5.41) is 11.8. The monoisotopic (exact) mass is 375 g/mol. The number of hydrogen-bond acceptors (Lipinski definition) is 4. The van der Waals surface area contributed by atoms with Gasteiger partial charge >= 0.3 is 11.7 Å². The van der Waals surface area contributed by atoms with Crippen LogP contribution >= 0.6 is 0 Å². The molecule has 1 aromatic rings. The normalized spacial score (nSPS) is 21.1. The first kappa shape index (κ1) is 19.3. The van der Waals surface area contributed by atoms with Crippen molar-refractivity contribution in [3.05, 3.63) is 29.8 Å². The number of alkyl halides is 2. The Bertz CT molecular complexity index is 725. The van der Waals surface area contributed by atoms with Crippen LogP contribution in [0.25, 0.3) is 0 Å².